The molecule has 1 saturated heterocycles. The molecule has 1 amide bonds. The molecule has 1 aliphatic rings. The van der Waals surface area contributed by atoms with Crippen LogP contribution < -0.4 is 10.6 Å². The minimum Gasteiger partial charge on any atom is -0.352 e. The monoisotopic (exact) mass is 310 g/mol. The fourth-order valence-electron chi connectivity index (χ4n) is 2.46. The highest BCUT2D eigenvalue weighted by molar-refractivity contribution is 6.32. The van der Waals surface area contributed by atoms with E-state index in [-0.39, 0.29) is 11.8 Å². The van der Waals surface area contributed by atoms with Crippen LogP contribution in [0.25, 0.3) is 0 Å². The van der Waals surface area contributed by atoms with Gasteiger partial charge in [0.05, 0.1) is 11.1 Å². The molecule has 2 heterocycles. The van der Waals surface area contributed by atoms with Gasteiger partial charge in [-0.25, -0.2) is 4.98 Å². The van der Waals surface area contributed by atoms with E-state index >= 15 is 0 Å². The van der Waals surface area contributed by atoms with E-state index in [2.05, 4.69) is 16.8 Å². The van der Waals surface area contributed by atoms with Crippen molar-refractivity contribution in [3.63, 3.8) is 0 Å². The molecule has 0 radical (unpaired) electrons. The maximum Gasteiger partial charge on any atom is 0.239 e. The summed E-state index contributed by atoms with van der Waals surface area (Å²) in [6, 6.07) is 3.25. The second-order valence-corrected chi connectivity index (χ2v) is 5.94. The van der Waals surface area contributed by atoms with Crippen molar-refractivity contribution in [1.29, 1.82) is 0 Å². The number of halogens is 1. The summed E-state index contributed by atoms with van der Waals surface area (Å²) >= 11 is 6.16. The molecule has 116 valence electrons. The Bertz CT molecular complexity index is 488. The van der Waals surface area contributed by atoms with Crippen molar-refractivity contribution in [2.45, 2.75) is 26.3 Å². The maximum absolute atomic E-state index is 12.3. The van der Waals surface area contributed by atoms with Crippen molar-refractivity contribution in [2.75, 3.05) is 31.1 Å². The maximum atomic E-state index is 12.3. The molecule has 2 N–H and O–H groups in total. The van der Waals surface area contributed by atoms with Crippen LogP contribution in [0.5, 0.6) is 0 Å². The number of hydrogen-bond donors (Lipinski definition) is 1. The lowest BCUT2D eigenvalue weighted by atomic mass is 9.98. The Balaban J connectivity index is 1.94. The van der Waals surface area contributed by atoms with Crippen molar-refractivity contribution >= 4 is 23.3 Å². The predicted octanol–water partition coefficient (Wildman–Crippen LogP) is 1.76. The lowest BCUT2D eigenvalue weighted by molar-refractivity contribution is -0.134. The third kappa shape index (κ3) is 3.66. The second kappa shape index (κ2) is 7.09. The summed E-state index contributed by atoms with van der Waals surface area (Å²) in [7, 11) is 0. The number of nitrogens with two attached hydrogens (primary N) is 1. The molecule has 1 fully saturated rings. The Morgan fingerprint density at radius 1 is 1.43 bits per heavy atom. The van der Waals surface area contributed by atoms with E-state index in [1.54, 1.807) is 6.20 Å². The third-order valence-electron chi connectivity index (χ3n) is 4.17. The van der Waals surface area contributed by atoms with Crippen LogP contribution in [-0.2, 0) is 4.79 Å². The van der Waals surface area contributed by atoms with Crippen molar-refractivity contribution < 1.29 is 4.79 Å². The van der Waals surface area contributed by atoms with Gasteiger partial charge in [0.2, 0.25) is 5.91 Å². The molecule has 2 rings (SSSR count). The zero-order valence-corrected chi connectivity index (χ0v) is 13.4. The van der Waals surface area contributed by atoms with E-state index in [0.717, 1.165) is 25.3 Å². The first-order valence-corrected chi connectivity index (χ1v) is 7.82. The zero-order chi connectivity index (χ0) is 15.4. The summed E-state index contributed by atoms with van der Waals surface area (Å²) in [6.45, 7) is 6.86. The molecule has 1 aliphatic heterocycles. The molecule has 1 aromatic heterocycles. The van der Waals surface area contributed by atoms with Gasteiger partial charge in [-0.15, -0.1) is 0 Å². The SMILES string of the molecule is CCC(C)C(N)C(=O)N1CCN(c2ncccc2Cl)CC1. The summed E-state index contributed by atoms with van der Waals surface area (Å²) in [5.41, 5.74) is 6.03. The number of hydrogen-bond acceptors (Lipinski definition) is 4. The quantitative estimate of drug-likeness (QED) is 0.920. The molecule has 1 aromatic rings. The average molecular weight is 311 g/mol. The molecule has 2 atom stereocenters. The van der Waals surface area contributed by atoms with Crippen molar-refractivity contribution in [1.82, 2.24) is 9.88 Å². The standard InChI is InChI=1S/C15H23ClN4O/c1-3-11(2)13(17)15(21)20-9-7-19(8-10-20)14-12(16)5-4-6-18-14/h4-6,11,13H,3,7-10,17H2,1-2H3. The van der Waals surface area contributed by atoms with E-state index in [1.807, 2.05) is 24.0 Å². The fraction of sp³-hybridized carbons (Fsp3) is 0.600. The fourth-order valence-corrected chi connectivity index (χ4v) is 2.70. The van der Waals surface area contributed by atoms with Crippen LogP contribution >= 0.6 is 11.6 Å². The Labute approximate surface area is 131 Å². The number of piperazine rings is 1. The van der Waals surface area contributed by atoms with E-state index in [1.165, 1.54) is 0 Å². The van der Waals surface area contributed by atoms with Gasteiger partial charge in [0, 0.05) is 32.4 Å². The molecule has 0 aliphatic carbocycles. The molecule has 5 nitrogen and oxygen atoms in total. The Morgan fingerprint density at radius 3 is 2.67 bits per heavy atom. The molecule has 0 bridgehead atoms. The van der Waals surface area contributed by atoms with Gasteiger partial charge < -0.3 is 15.5 Å². The Kier molecular flexibility index (Phi) is 5.42. The second-order valence-electron chi connectivity index (χ2n) is 5.53. The molecular formula is C15H23ClN4O. The van der Waals surface area contributed by atoms with E-state index in [0.29, 0.717) is 18.1 Å². The molecule has 0 aromatic carbocycles. The third-order valence-corrected chi connectivity index (χ3v) is 4.47. The number of pyridine rings is 1. The van der Waals surface area contributed by atoms with Crippen molar-refractivity contribution in [3.05, 3.63) is 23.4 Å². The van der Waals surface area contributed by atoms with Gasteiger partial charge in [0.15, 0.2) is 0 Å². The number of rotatable bonds is 4. The summed E-state index contributed by atoms with van der Waals surface area (Å²) in [5, 5.41) is 0.647. The number of amides is 1. The van der Waals surface area contributed by atoms with Crippen LogP contribution in [0, 0.1) is 5.92 Å². The molecule has 0 saturated carbocycles. The van der Waals surface area contributed by atoms with E-state index in [4.69, 9.17) is 17.3 Å². The van der Waals surface area contributed by atoms with Gasteiger partial charge in [-0.05, 0) is 18.1 Å². The summed E-state index contributed by atoms with van der Waals surface area (Å²) in [6.07, 6.45) is 2.65. The number of aromatic nitrogens is 1. The van der Waals surface area contributed by atoms with Crippen LogP contribution in [0.15, 0.2) is 18.3 Å². The highest BCUT2D eigenvalue weighted by Crippen LogP contribution is 2.23. The summed E-state index contributed by atoms with van der Waals surface area (Å²) < 4.78 is 0. The van der Waals surface area contributed by atoms with Crippen LogP contribution in [0.4, 0.5) is 5.82 Å². The van der Waals surface area contributed by atoms with Gasteiger partial charge in [-0.2, -0.15) is 0 Å². The van der Waals surface area contributed by atoms with Gasteiger partial charge in [-0.3, -0.25) is 4.79 Å². The normalized spacial score (nSPS) is 18.5. The lowest BCUT2D eigenvalue weighted by Gasteiger charge is -2.37. The van der Waals surface area contributed by atoms with Crippen LogP contribution in [0.1, 0.15) is 20.3 Å². The minimum absolute atomic E-state index is 0.0520. The molecule has 21 heavy (non-hydrogen) atoms. The number of carbonyl (C=O) groups excluding carboxylic acids is 1. The first-order valence-electron chi connectivity index (χ1n) is 7.44. The van der Waals surface area contributed by atoms with Crippen molar-refractivity contribution in [2.24, 2.45) is 11.7 Å². The van der Waals surface area contributed by atoms with E-state index in [9.17, 15) is 4.79 Å². The summed E-state index contributed by atoms with van der Waals surface area (Å²) in [5.74, 6) is 1.05. The van der Waals surface area contributed by atoms with Gasteiger partial charge in [-0.1, -0.05) is 31.9 Å². The Morgan fingerprint density at radius 2 is 2.10 bits per heavy atom. The smallest absolute Gasteiger partial charge is 0.239 e. The van der Waals surface area contributed by atoms with Crippen LogP contribution in [-0.4, -0.2) is 48.0 Å². The molecule has 6 heteroatoms. The highest BCUT2D eigenvalue weighted by atomic mass is 35.5. The van der Waals surface area contributed by atoms with Gasteiger partial charge >= 0.3 is 0 Å². The Hall–Kier alpha value is -1.33. The number of nitrogens with zero attached hydrogens (tertiary/aromatic N) is 3. The van der Waals surface area contributed by atoms with Crippen LogP contribution in [0.2, 0.25) is 5.02 Å². The first kappa shape index (κ1) is 16.0. The molecular weight excluding hydrogens is 288 g/mol. The lowest BCUT2D eigenvalue weighted by Crippen LogP contribution is -2.54. The highest BCUT2D eigenvalue weighted by Gasteiger charge is 2.28. The van der Waals surface area contributed by atoms with Crippen molar-refractivity contribution in [3.8, 4) is 0 Å². The van der Waals surface area contributed by atoms with Gasteiger partial charge in [0.1, 0.15) is 5.82 Å². The first-order chi connectivity index (χ1) is 10.0. The summed E-state index contributed by atoms with van der Waals surface area (Å²) in [4.78, 5) is 20.6. The number of carbonyl (C=O) groups is 1. The molecule has 2 unspecified atom stereocenters. The number of anilines is 1. The minimum atomic E-state index is -0.403. The topological polar surface area (TPSA) is 62.5 Å². The average Bonchev–Trinajstić information content (AvgIpc) is 2.53. The van der Waals surface area contributed by atoms with Gasteiger partial charge in [0.25, 0.3) is 0 Å². The van der Waals surface area contributed by atoms with Crippen LogP contribution in [0.3, 0.4) is 0 Å². The zero-order valence-electron chi connectivity index (χ0n) is 12.6. The molecule has 0 spiro atoms. The van der Waals surface area contributed by atoms with E-state index < -0.39 is 6.04 Å². The largest absolute Gasteiger partial charge is 0.352 e. The predicted molar refractivity (Wildman–Crippen MR) is 85.5 cm³/mol.